The molecule has 144 valence electrons. The SMILES string of the molecule is CC(Sc1nnc(-c2ccc(Cl)cc2)o1)C(=O)NC1CCCc2ccccc21. The molecule has 1 aliphatic carbocycles. The molecular formula is C21H20ClN3O2S. The molecule has 5 nitrogen and oxygen atoms in total. The topological polar surface area (TPSA) is 68.0 Å². The third kappa shape index (κ3) is 4.23. The normalized spacial score (nSPS) is 17.0. The molecule has 1 heterocycles. The van der Waals surface area contributed by atoms with Gasteiger partial charge in [0.25, 0.3) is 5.22 Å². The summed E-state index contributed by atoms with van der Waals surface area (Å²) in [5.74, 6) is 0.380. The van der Waals surface area contributed by atoms with Crippen LogP contribution in [0.2, 0.25) is 5.02 Å². The highest BCUT2D eigenvalue weighted by atomic mass is 35.5. The predicted molar refractivity (Wildman–Crippen MR) is 110 cm³/mol. The van der Waals surface area contributed by atoms with Crippen LogP contribution < -0.4 is 5.32 Å². The van der Waals surface area contributed by atoms with E-state index in [0.717, 1.165) is 24.8 Å². The van der Waals surface area contributed by atoms with Gasteiger partial charge >= 0.3 is 0 Å². The summed E-state index contributed by atoms with van der Waals surface area (Å²) in [5.41, 5.74) is 3.34. The zero-order chi connectivity index (χ0) is 19.5. The minimum absolute atomic E-state index is 0.0297. The Morgan fingerprint density at radius 2 is 2.00 bits per heavy atom. The van der Waals surface area contributed by atoms with Crippen LogP contribution in [0.15, 0.2) is 58.2 Å². The lowest BCUT2D eigenvalue weighted by atomic mass is 9.88. The van der Waals surface area contributed by atoms with Crippen LogP contribution in [0.4, 0.5) is 0 Å². The maximum atomic E-state index is 12.7. The third-order valence-corrected chi connectivity index (χ3v) is 6.02. The number of rotatable bonds is 5. The number of nitrogens with one attached hydrogen (secondary N) is 1. The van der Waals surface area contributed by atoms with E-state index in [9.17, 15) is 4.79 Å². The lowest BCUT2D eigenvalue weighted by Crippen LogP contribution is -2.35. The molecule has 0 radical (unpaired) electrons. The molecular weight excluding hydrogens is 394 g/mol. The van der Waals surface area contributed by atoms with Gasteiger partial charge in [-0.15, -0.1) is 10.2 Å². The van der Waals surface area contributed by atoms with Gasteiger partial charge in [0.15, 0.2) is 0 Å². The summed E-state index contributed by atoms with van der Waals surface area (Å²) in [6, 6.07) is 15.6. The molecule has 28 heavy (non-hydrogen) atoms. The molecule has 0 spiro atoms. The fourth-order valence-corrected chi connectivity index (χ4v) is 4.18. The zero-order valence-electron chi connectivity index (χ0n) is 15.4. The Morgan fingerprint density at radius 1 is 1.21 bits per heavy atom. The number of hydrogen-bond acceptors (Lipinski definition) is 5. The second-order valence-electron chi connectivity index (χ2n) is 6.79. The van der Waals surface area contributed by atoms with Crippen LogP contribution in [0.1, 0.15) is 36.9 Å². The Labute approximate surface area is 172 Å². The number of thioether (sulfide) groups is 1. The quantitative estimate of drug-likeness (QED) is 0.592. The van der Waals surface area contributed by atoms with Crippen molar-refractivity contribution in [2.24, 2.45) is 0 Å². The monoisotopic (exact) mass is 413 g/mol. The van der Waals surface area contributed by atoms with Crippen molar-refractivity contribution < 1.29 is 9.21 Å². The van der Waals surface area contributed by atoms with Crippen molar-refractivity contribution in [1.82, 2.24) is 15.5 Å². The van der Waals surface area contributed by atoms with Crippen molar-refractivity contribution in [3.05, 3.63) is 64.7 Å². The van der Waals surface area contributed by atoms with Gasteiger partial charge in [-0.1, -0.05) is 47.6 Å². The maximum absolute atomic E-state index is 12.7. The van der Waals surface area contributed by atoms with Gasteiger partial charge in [-0.05, 0) is 61.6 Å². The van der Waals surface area contributed by atoms with Crippen molar-refractivity contribution in [3.8, 4) is 11.5 Å². The Hall–Kier alpha value is -2.31. The molecule has 1 aromatic heterocycles. The summed E-state index contributed by atoms with van der Waals surface area (Å²) in [4.78, 5) is 12.7. The minimum Gasteiger partial charge on any atom is -0.411 e. The Bertz CT molecular complexity index is 974. The van der Waals surface area contributed by atoms with Gasteiger partial charge in [-0.25, -0.2) is 0 Å². The van der Waals surface area contributed by atoms with Crippen LogP contribution in [0.25, 0.3) is 11.5 Å². The highest BCUT2D eigenvalue weighted by Gasteiger charge is 2.25. The Balaban J connectivity index is 1.40. The number of aromatic nitrogens is 2. The van der Waals surface area contributed by atoms with Gasteiger partial charge in [-0.3, -0.25) is 4.79 Å². The van der Waals surface area contributed by atoms with Gasteiger partial charge in [-0.2, -0.15) is 0 Å². The van der Waals surface area contributed by atoms with E-state index >= 15 is 0 Å². The molecule has 2 atom stereocenters. The molecule has 1 amide bonds. The number of nitrogens with zero attached hydrogens (tertiary/aromatic N) is 2. The highest BCUT2D eigenvalue weighted by molar-refractivity contribution is 8.00. The van der Waals surface area contributed by atoms with Gasteiger partial charge in [0.2, 0.25) is 11.8 Å². The molecule has 4 rings (SSSR count). The van der Waals surface area contributed by atoms with E-state index in [2.05, 4.69) is 33.7 Å². The van der Waals surface area contributed by atoms with Crippen LogP contribution in [0, 0.1) is 0 Å². The number of hydrogen-bond donors (Lipinski definition) is 1. The first-order valence-electron chi connectivity index (χ1n) is 9.24. The first-order valence-corrected chi connectivity index (χ1v) is 10.5. The first kappa shape index (κ1) is 19.0. The summed E-state index contributed by atoms with van der Waals surface area (Å²) in [6.45, 7) is 1.85. The smallest absolute Gasteiger partial charge is 0.277 e. The Kier molecular flexibility index (Phi) is 5.69. The van der Waals surface area contributed by atoms with Crippen molar-refractivity contribution in [1.29, 1.82) is 0 Å². The highest BCUT2D eigenvalue weighted by Crippen LogP contribution is 2.31. The van der Waals surface area contributed by atoms with Gasteiger partial charge in [0.1, 0.15) is 0 Å². The molecule has 1 aliphatic rings. The van der Waals surface area contributed by atoms with Crippen LogP contribution in [0.5, 0.6) is 0 Å². The van der Waals surface area contributed by atoms with Gasteiger partial charge < -0.3 is 9.73 Å². The molecule has 0 saturated heterocycles. The minimum atomic E-state index is -0.340. The van der Waals surface area contributed by atoms with Crippen molar-refractivity contribution in [3.63, 3.8) is 0 Å². The molecule has 0 aliphatic heterocycles. The number of aryl methyl sites for hydroxylation is 1. The van der Waals surface area contributed by atoms with E-state index in [4.69, 9.17) is 16.0 Å². The first-order chi connectivity index (χ1) is 13.6. The van der Waals surface area contributed by atoms with Crippen LogP contribution in [-0.2, 0) is 11.2 Å². The van der Waals surface area contributed by atoms with E-state index in [1.807, 2.05) is 25.1 Å². The average Bonchev–Trinajstić information content (AvgIpc) is 3.17. The zero-order valence-corrected chi connectivity index (χ0v) is 17.0. The summed E-state index contributed by atoms with van der Waals surface area (Å²) in [7, 11) is 0. The van der Waals surface area contributed by atoms with E-state index in [1.165, 1.54) is 22.9 Å². The number of amides is 1. The maximum Gasteiger partial charge on any atom is 0.277 e. The molecule has 2 aromatic carbocycles. The second kappa shape index (κ2) is 8.37. The number of fused-ring (bicyclic) bond motifs is 1. The lowest BCUT2D eigenvalue weighted by molar-refractivity contribution is -0.121. The number of benzene rings is 2. The fraction of sp³-hybridized carbons (Fsp3) is 0.286. The molecule has 0 saturated carbocycles. The summed E-state index contributed by atoms with van der Waals surface area (Å²) in [6.07, 6.45) is 3.11. The molecule has 1 N–H and O–H groups in total. The van der Waals surface area contributed by atoms with Crippen LogP contribution in [-0.4, -0.2) is 21.4 Å². The predicted octanol–water partition coefficient (Wildman–Crippen LogP) is 5.06. The summed E-state index contributed by atoms with van der Waals surface area (Å²) in [5, 5.41) is 12.0. The molecule has 0 bridgehead atoms. The van der Waals surface area contributed by atoms with Crippen molar-refractivity contribution in [2.75, 3.05) is 0 Å². The number of carbonyl (C=O) groups is 1. The molecule has 3 aromatic rings. The fourth-order valence-electron chi connectivity index (χ4n) is 3.36. The third-order valence-electron chi connectivity index (χ3n) is 4.83. The van der Waals surface area contributed by atoms with E-state index in [0.29, 0.717) is 16.1 Å². The number of halogens is 1. The molecule has 2 unspecified atom stereocenters. The van der Waals surface area contributed by atoms with Crippen molar-refractivity contribution >= 4 is 29.3 Å². The second-order valence-corrected chi connectivity index (χ2v) is 8.52. The average molecular weight is 414 g/mol. The van der Waals surface area contributed by atoms with Gasteiger partial charge in [0, 0.05) is 10.6 Å². The number of carbonyl (C=O) groups excluding carboxylic acids is 1. The summed E-state index contributed by atoms with van der Waals surface area (Å²) < 4.78 is 5.69. The Morgan fingerprint density at radius 3 is 2.82 bits per heavy atom. The van der Waals surface area contributed by atoms with E-state index in [1.54, 1.807) is 12.1 Å². The van der Waals surface area contributed by atoms with E-state index < -0.39 is 0 Å². The summed E-state index contributed by atoms with van der Waals surface area (Å²) >= 11 is 7.17. The van der Waals surface area contributed by atoms with Gasteiger partial charge in [0.05, 0.1) is 11.3 Å². The van der Waals surface area contributed by atoms with Crippen LogP contribution >= 0.6 is 23.4 Å². The largest absolute Gasteiger partial charge is 0.411 e. The standard InChI is InChI=1S/C21H20ClN3O2S/c1-13(19(26)23-18-8-4-6-14-5-2-3-7-17(14)18)28-21-25-24-20(27-21)15-9-11-16(22)12-10-15/h2-3,5,7,9-13,18H,4,6,8H2,1H3,(H,23,26). The molecule has 0 fully saturated rings. The van der Waals surface area contributed by atoms with E-state index in [-0.39, 0.29) is 17.2 Å². The molecule has 7 heteroatoms. The lowest BCUT2D eigenvalue weighted by Gasteiger charge is -2.27. The van der Waals surface area contributed by atoms with Crippen molar-refractivity contribution in [2.45, 2.75) is 42.7 Å². The van der Waals surface area contributed by atoms with Crippen LogP contribution in [0.3, 0.4) is 0 Å².